The van der Waals surface area contributed by atoms with Crippen LogP contribution in [0.4, 0.5) is 22.7 Å². The van der Waals surface area contributed by atoms with Crippen molar-refractivity contribution < 1.29 is 14.3 Å². The second-order valence-electron chi connectivity index (χ2n) is 7.75. The van der Waals surface area contributed by atoms with Gasteiger partial charge in [0.05, 0.1) is 33.6 Å². The Morgan fingerprint density at radius 3 is 2.12 bits per heavy atom. The molecule has 0 atom stereocenters. The highest BCUT2D eigenvalue weighted by Gasteiger charge is 2.38. The lowest BCUT2D eigenvalue weighted by Crippen LogP contribution is -2.26. The summed E-state index contributed by atoms with van der Waals surface area (Å²) in [4.78, 5) is 26.7. The summed E-state index contributed by atoms with van der Waals surface area (Å²) in [5, 5.41) is 0. The maximum atomic E-state index is 13.4. The molecule has 3 aromatic carbocycles. The number of hydrogen-bond donors (Lipinski definition) is 4. The highest BCUT2D eigenvalue weighted by molar-refractivity contribution is 9.10. The van der Waals surface area contributed by atoms with Gasteiger partial charge in [0.1, 0.15) is 5.75 Å². The lowest BCUT2D eigenvalue weighted by molar-refractivity contribution is 0.0981. The molecule has 0 bridgehead atoms. The van der Waals surface area contributed by atoms with Crippen LogP contribution in [-0.2, 0) is 6.42 Å². The van der Waals surface area contributed by atoms with Crippen molar-refractivity contribution in [2.24, 2.45) is 0 Å². The van der Waals surface area contributed by atoms with Gasteiger partial charge < -0.3 is 27.7 Å². The molecule has 7 nitrogen and oxygen atoms in total. The molecule has 32 heavy (non-hydrogen) atoms. The Morgan fingerprint density at radius 2 is 1.47 bits per heavy atom. The SMILES string of the molecule is CCCCc1cccc(Oc2cc(N)c3c(c2N)C(=O)c2c(N)cc(Br)c(N)c2C3=O)c1. The van der Waals surface area contributed by atoms with E-state index >= 15 is 0 Å². The average Bonchev–Trinajstić information content (AvgIpc) is 2.75. The van der Waals surface area contributed by atoms with Crippen molar-refractivity contribution in [3.63, 3.8) is 0 Å². The van der Waals surface area contributed by atoms with Gasteiger partial charge in [0, 0.05) is 21.9 Å². The lowest BCUT2D eigenvalue weighted by atomic mass is 9.80. The Labute approximate surface area is 193 Å². The quantitative estimate of drug-likeness (QED) is 0.294. The smallest absolute Gasteiger partial charge is 0.198 e. The molecule has 0 spiro atoms. The summed E-state index contributed by atoms with van der Waals surface area (Å²) >= 11 is 3.27. The number of nitrogen functional groups attached to an aromatic ring is 4. The second kappa shape index (κ2) is 8.20. The van der Waals surface area contributed by atoms with E-state index in [9.17, 15) is 9.59 Å². The molecule has 0 fully saturated rings. The van der Waals surface area contributed by atoms with Crippen LogP contribution in [0.3, 0.4) is 0 Å². The van der Waals surface area contributed by atoms with Gasteiger partial charge in [0.25, 0.3) is 0 Å². The van der Waals surface area contributed by atoms with E-state index in [4.69, 9.17) is 27.7 Å². The van der Waals surface area contributed by atoms with Gasteiger partial charge in [-0.1, -0.05) is 25.5 Å². The van der Waals surface area contributed by atoms with Gasteiger partial charge in [-0.05, 0) is 52.5 Å². The first-order valence-electron chi connectivity index (χ1n) is 10.2. The highest BCUT2D eigenvalue weighted by Crippen LogP contribution is 2.44. The van der Waals surface area contributed by atoms with Crippen LogP contribution >= 0.6 is 15.9 Å². The maximum absolute atomic E-state index is 13.4. The molecule has 8 N–H and O–H groups in total. The largest absolute Gasteiger partial charge is 0.455 e. The van der Waals surface area contributed by atoms with E-state index in [0.29, 0.717) is 10.2 Å². The van der Waals surface area contributed by atoms with Crippen LogP contribution in [0.25, 0.3) is 0 Å². The van der Waals surface area contributed by atoms with Gasteiger partial charge >= 0.3 is 0 Å². The number of halogens is 1. The molecule has 0 heterocycles. The monoisotopic (exact) mass is 494 g/mol. The van der Waals surface area contributed by atoms with Gasteiger partial charge in [-0.15, -0.1) is 0 Å². The van der Waals surface area contributed by atoms with Crippen molar-refractivity contribution in [1.29, 1.82) is 0 Å². The number of ether oxygens (including phenoxy) is 1. The Balaban J connectivity index is 1.82. The first-order chi connectivity index (χ1) is 15.2. The number of nitrogens with two attached hydrogens (primary N) is 4. The first kappa shape index (κ1) is 21.7. The molecule has 1 aliphatic rings. The zero-order valence-electron chi connectivity index (χ0n) is 17.5. The molecule has 4 rings (SSSR count). The molecule has 8 heteroatoms. The van der Waals surface area contributed by atoms with E-state index in [2.05, 4.69) is 22.9 Å². The number of unbranched alkanes of at least 4 members (excludes halogenated alkanes) is 1. The summed E-state index contributed by atoms with van der Waals surface area (Å²) in [5.41, 5.74) is 26.2. The summed E-state index contributed by atoms with van der Waals surface area (Å²) < 4.78 is 6.41. The molecule has 0 unspecified atom stereocenters. The molecular formula is C24H23BrN4O3. The fraction of sp³-hybridized carbons (Fsp3) is 0.167. The summed E-state index contributed by atoms with van der Waals surface area (Å²) in [6, 6.07) is 10.6. The van der Waals surface area contributed by atoms with Crippen LogP contribution < -0.4 is 27.7 Å². The van der Waals surface area contributed by atoms with Crippen molar-refractivity contribution in [2.75, 3.05) is 22.9 Å². The summed E-state index contributed by atoms with van der Waals surface area (Å²) in [5.74, 6) is -0.260. The molecule has 0 saturated heterocycles. The van der Waals surface area contributed by atoms with E-state index in [0.717, 1.165) is 24.8 Å². The zero-order valence-corrected chi connectivity index (χ0v) is 19.1. The standard InChI is InChI=1S/C24H23BrN4O3/c1-2-3-5-11-6-4-7-12(8-11)32-16-10-15(27)18-20(22(16)29)24(31)17-14(26)9-13(25)21(28)19(17)23(18)30/h4,6-10H,2-3,5,26-29H2,1H3. The van der Waals surface area contributed by atoms with Crippen LogP contribution in [-0.4, -0.2) is 11.6 Å². The predicted molar refractivity (Wildman–Crippen MR) is 130 cm³/mol. The third kappa shape index (κ3) is 3.46. The minimum Gasteiger partial charge on any atom is -0.455 e. The number of carbonyl (C=O) groups is 2. The Kier molecular flexibility index (Phi) is 5.56. The molecule has 0 saturated carbocycles. The number of hydrogen-bond acceptors (Lipinski definition) is 7. The molecule has 164 valence electrons. The fourth-order valence-electron chi connectivity index (χ4n) is 3.95. The zero-order chi connectivity index (χ0) is 23.2. The lowest BCUT2D eigenvalue weighted by Gasteiger charge is -2.24. The number of carbonyl (C=O) groups excluding carboxylic acids is 2. The van der Waals surface area contributed by atoms with Gasteiger partial charge in [-0.2, -0.15) is 0 Å². The van der Waals surface area contributed by atoms with Crippen molar-refractivity contribution >= 4 is 50.2 Å². The maximum Gasteiger partial charge on any atom is 0.198 e. The summed E-state index contributed by atoms with van der Waals surface area (Å²) in [6.45, 7) is 2.13. The van der Waals surface area contributed by atoms with E-state index < -0.39 is 11.6 Å². The molecule has 0 amide bonds. The Morgan fingerprint density at radius 1 is 0.844 bits per heavy atom. The molecule has 0 radical (unpaired) electrons. The number of aryl methyl sites for hydroxylation is 1. The van der Waals surface area contributed by atoms with Gasteiger partial charge in [-0.3, -0.25) is 9.59 Å². The van der Waals surface area contributed by atoms with Crippen LogP contribution in [0.5, 0.6) is 11.5 Å². The first-order valence-corrected chi connectivity index (χ1v) is 11.0. The van der Waals surface area contributed by atoms with Crippen molar-refractivity contribution in [3.8, 4) is 11.5 Å². The van der Waals surface area contributed by atoms with Crippen LogP contribution in [0, 0.1) is 0 Å². The number of rotatable bonds is 5. The molecule has 1 aliphatic carbocycles. The number of anilines is 4. The molecule has 0 aliphatic heterocycles. The highest BCUT2D eigenvalue weighted by atomic mass is 79.9. The van der Waals surface area contributed by atoms with Crippen LogP contribution in [0.1, 0.15) is 57.2 Å². The van der Waals surface area contributed by atoms with Gasteiger partial charge in [-0.25, -0.2) is 0 Å². The van der Waals surface area contributed by atoms with Gasteiger partial charge in [0.15, 0.2) is 17.3 Å². The molecule has 0 aromatic heterocycles. The van der Waals surface area contributed by atoms with E-state index in [1.165, 1.54) is 12.1 Å². The number of benzene rings is 3. The number of fused-ring (bicyclic) bond motifs is 2. The molecular weight excluding hydrogens is 472 g/mol. The van der Waals surface area contributed by atoms with Crippen LogP contribution in [0.15, 0.2) is 40.9 Å². The summed E-state index contributed by atoms with van der Waals surface area (Å²) in [6.07, 6.45) is 3.07. The topological polar surface area (TPSA) is 147 Å². The van der Waals surface area contributed by atoms with E-state index in [1.807, 2.05) is 18.2 Å². The minimum atomic E-state index is -0.516. The normalized spacial score (nSPS) is 12.4. The van der Waals surface area contributed by atoms with Crippen molar-refractivity contribution in [3.05, 3.63) is 68.7 Å². The fourth-order valence-corrected chi connectivity index (χ4v) is 4.39. The number of ketones is 2. The Bertz CT molecular complexity index is 1290. The van der Waals surface area contributed by atoms with E-state index in [1.54, 1.807) is 6.07 Å². The average molecular weight is 495 g/mol. The summed E-state index contributed by atoms with van der Waals surface area (Å²) in [7, 11) is 0. The Hall–Kier alpha value is -3.52. The van der Waals surface area contributed by atoms with Crippen molar-refractivity contribution in [2.45, 2.75) is 26.2 Å². The van der Waals surface area contributed by atoms with Crippen LogP contribution in [0.2, 0.25) is 0 Å². The third-order valence-electron chi connectivity index (χ3n) is 5.56. The van der Waals surface area contributed by atoms with Gasteiger partial charge in [0.2, 0.25) is 0 Å². The predicted octanol–water partition coefficient (Wildman–Crippen LogP) is 4.69. The van der Waals surface area contributed by atoms with Crippen molar-refractivity contribution in [1.82, 2.24) is 0 Å². The second-order valence-corrected chi connectivity index (χ2v) is 8.60. The minimum absolute atomic E-state index is 0.00764. The molecule has 3 aromatic rings. The van der Waals surface area contributed by atoms with E-state index in [-0.39, 0.29) is 50.8 Å². The third-order valence-corrected chi connectivity index (χ3v) is 6.22.